The Kier molecular flexibility index (Phi) is 5.03. The molecule has 1 aliphatic rings. The van der Waals surface area contributed by atoms with Crippen molar-refractivity contribution >= 4 is 33.2 Å². The van der Waals surface area contributed by atoms with E-state index in [1.54, 1.807) is 11.3 Å². The molecule has 0 saturated heterocycles. The summed E-state index contributed by atoms with van der Waals surface area (Å²) in [5, 5.41) is 2.14. The van der Waals surface area contributed by atoms with Gasteiger partial charge in [-0.2, -0.15) is 0 Å². The Morgan fingerprint density at radius 1 is 1.61 bits per heavy atom. The van der Waals surface area contributed by atoms with E-state index in [1.807, 2.05) is 7.05 Å². The molecule has 0 atom stereocenters. The third-order valence-electron chi connectivity index (χ3n) is 3.16. The molecule has 18 heavy (non-hydrogen) atoms. The van der Waals surface area contributed by atoms with Gasteiger partial charge in [0.05, 0.1) is 9.83 Å². The zero-order chi connectivity index (χ0) is 13.0. The lowest BCUT2D eigenvalue weighted by atomic mass is 10.3. The highest BCUT2D eigenvalue weighted by Gasteiger charge is 2.16. The summed E-state index contributed by atoms with van der Waals surface area (Å²) >= 11 is 5.17. The lowest BCUT2D eigenvalue weighted by molar-refractivity contribution is 0.472. The second kappa shape index (κ2) is 6.54. The van der Waals surface area contributed by atoms with Crippen LogP contribution in [0.4, 0.5) is 0 Å². The standard InChI is InChI=1S/C12H19BrN4S/c1-17(7-9-6-11(13)18-8-9)12(16-14)15-10-4-2-3-5-10/h6,8,10H,2-5,7,14H2,1H3,(H,15,16). The topological polar surface area (TPSA) is 53.6 Å². The minimum absolute atomic E-state index is 0.438. The van der Waals surface area contributed by atoms with E-state index in [4.69, 9.17) is 10.8 Å². The molecule has 0 aromatic carbocycles. The third kappa shape index (κ3) is 3.70. The Morgan fingerprint density at radius 3 is 2.89 bits per heavy atom. The van der Waals surface area contributed by atoms with Gasteiger partial charge in [0.15, 0.2) is 0 Å². The molecule has 100 valence electrons. The average Bonchev–Trinajstić information content (AvgIpc) is 2.97. The van der Waals surface area contributed by atoms with Gasteiger partial charge in [-0.1, -0.05) is 12.8 Å². The van der Waals surface area contributed by atoms with Crippen LogP contribution in [0.2, 0.25) is 0 Å². The quantitative estimate of drug-likeness (QED) is 0.388. The lowest BCUT2D eigenvalue weighted by Crippen LogP contribution is -2.43. The highest BCUT2D eigenvalue weighted by molar-refractivity contribution is 9.11. The van der Waals surface area contributed by atoms with Crippen molar-refractivity contribution in [3.8, 4) is 0 Å². The summed E-state index contributed by atoms with van der Waals surface area (Å²) < 4.78 is 1.15. The van der Waals surface area contributed by atoms with Crippen LogP contribution in [0.3, 0.4) is 0 Å². The molecule has 0 spiro atoms. The summed E-state index contributed by atoms with van der Waals surface area (Å²) in [4.78, 5) is 6.76. The van der Waals surface area contributed by atoms with Gasteiger partial charge in [0.2, 0.25) is 5.96 Å². The molecule has 3 N–H and O–H groups in total. The molecular weight excluding hydrogens is 312 g/mol. The van der Waals surface area contributed by atoms with Gasteiger partial charge in [-0.15, -0.1) is 11.3 Å². The molecule has 1 aliphatic carbocycles. The van der Waals surface area contributed by atoms with E-state index in [1.165, 1.54) is 31.2 Å². The van der Waals surface area contributed by atoms with Crippen LogP contribution < -0.4 is 11.3 Å². The van der Waals surface area contributed by atoms with Crippen LogP contribution in [-0.4, -0.2) is 23.9 Å². The van der Waals surface area contributed by atoms with Crippen molar-refractivity contribution in [3.63, 3.8) is 0 Å². The van der Waals surface area contributed by atoms with Crippen molar-refractivity contribution in [2.24, 2.45) is 10.8 Å². The smallest absolute Gasteiger partial charge is 0.208 e. The van der Waals surface area contributed by atoms with E-state index < -0.39 is 0 Å². The summed E-state index contributed by atoms with van der Waals surface area (Å²) in [5.74, 6) is 6.36. The van der Waals surface area contributed by atoms with Crippen molar-refractivity contribution in [2.75, 3.05) is 7.05 Å². The van der Waals surface area contributed by atoms with Crippen LogP contribution in [0.5, 0.6) is 0 Å². The number of nitrogens with zero attached hydrogens (tertiary/aromatic N) is 2. The van der Waals surface area contributed by atoms with Gasteiger partial charge in [0, 0.05) is 13.6 Å². The minimum atomic E-state index is 0.438. The number of halogens is 1. The molecule has 1 saturated carbocycles. The van der Waals surface area contributed by atoms with Gasteiger partial charge < -0.3 is 4.90 Å². The van der Waals surface area contributed by atoms with Crippen LogP contribution in [-0.2, 0) is 6.54 Å². The second-order valence-corrected chi connectivity index (χ2v) is 6.94. The Hall–Kier alpha value is -0.590. The molecule has 0 bridgehead atoms. The first-order valence-corrected chi connectivity index (χ1v) is 7.85. The first-order valence-electron chi connectivity index (χ1n) is 6.17. The molecule has 0 aliphatic heterocycles. The molecule has 1 aromatic rings. The first-order chi connectivity index (χ1) is 8.69. The Bertz CT molecular complexity index is 412. The van der Waals surface area contributed by atoms with Crippen LogP contribution in [0.25, 0.3) is 0 Å². The molecule has 2 rings (SSSR count). The molecule has 1 fully saturated rings. The van der Waals surface area contributed by atoms with Crippen molar-refractivity contribution in [2.45, 2.75) is 38.3 Å². The third-order valence-corrected chi connectivity index (χ3v) is 4.72. The zero-order valence-electron chi connectivity index (χ0n) is 10.5. The maximum atomic E-state index is 5.58. The predicted molar refractivity (Wildman–Crippen MR) is 80.5 cm³/mol. The van der Waals surface area contributed by atoms with Crippen molar-refractivity contribution in [1.29, 1.82) is 0 Å². The minimum Gasteiger partial charge on any atom is -0.341 e. The molecule has 6 heteroatoms. The summed E-state index contributed by atoms with van der Waals surface area (Å²) in [6.45, 7) is 0.817. The number of guanidine groups is 1. The highest BCUT2D eigenvalue weighted by Crippen LogP contribution is 2.23. The largest absolute Gasteiger partial charge is 0.341 e. The number of hydrogen-bond donors (Lipinski definition) is 2. The van der Waals surface area contributed by atoms with E-state index in [9.17, 15) is 0 Å². The van der Waals surface area contributed by atoms with Gasteiger partial charge in [0.25, 0.3) is 0 Å². The highest BCUT2D eigenvalue weighted by atomic mass is 79.9. The molecule has 0 amide bonds. The number of rotatable bonds is 3. The normalized spacial score (nSPS) is 17.2. The van der Waals surface area contributed by atoms with Gasteiger partial charge in [-0.25, -0.2) is 10.8 Å². The second-order valence-electron chi connectivity index (χ2n) is 4.65. The van der Waals surface area contributed by atoms with Gasteiger partial charge in [0.1, 0.15) is 0 Å². The van der Waals surface area contributed by atoms with Gasteiger partial charge in [-0.3, -0.25) is 5.43 Å². The van der Waals surface area contributed by atoms with Crippen LogP contribution in [0, 0.1) is 0 Å². The summed E-state index contributed by atoms with van der Waals surface area (Å²) in [6.07, 6.45) is 4.94. The molecule has 1 aromatic heterocycles. The Balaban J connectivity index is 1.98. The SMILES string of the molecule is CN(Cc1csc(Br)c1)C(=NC1CCCC1)NN. The van der Waals surface area contributed by atoms with Crippen molar-refractivity contribution < 1.29 is 0 Å². The van der Waals surface area contributed by atoms with Crippen LogP contribution in [0.15, 0.2) is 20.2 Å². The van der Waals surface area contributed by atoms with Crippen molar-refractivity contribution in [3.05, 3.63) is 20.8 Å². The average molecular weight is 331 g/mol. The fraction of sp³-hybridized carbons (Fsp3) is 0.583. The van der Waals surface area contributed by atoms with E-state index in [0.29, 0.717) is 6.04 Å². The lowest BCUT2D eigenvalue weighted by Gasteiger charge is -2.21. The predicted octanol–water partition coefficient (Wildman–Crippen LogP) is 2.70. The molecule has 0 radical (unpaired) electrons. The number of nitrogens with one attached hydrogen (secondary N) is 1. The fourth-order valence-electron chi connectivity index (χ4n) is 2.23. The number of aliphatic imine (C=N–C) groups is 1. The molecule has 0 unspecified atom stereocenters. The number of nitrogens with two attached hydrogens (primary N) is 1. The molecular formula is C12H19BrN4S. The van der Waals surface area contributed by atoms with Crippen molar-refractivity contribution in [1.82, 2.24) is 10.3 Å². The molecule has 4 nitrogen and oxygen atoms in total. The van der Waals surface area contributed by atoms with E-state index >= 15 is 0 Å². The maximum absolute atomic E-state index is 5.58. The van der Waals surface area contributed by atoms with Crippen LogP contribution in [0.1, 0.15) is 31.2 Å². The monoisotopic (exact) mass is 330 g/mol. The van der Waals surface area contributed by atoms with Gasteiger partial charge >= 0.3 is 0 Å². The summed E-state index contributed by atoms with van der Waals surface area (Å²) in [6, 6.07) is 2.57. The fourth-order valence-corrected chi connectivity index (χ4v) is 3.43. The zero-order valence-corrected chi connectivity index (χ0v) is 12.9. The summed E-state index contributed by atoms with van der Waals surface area (Å²) in [5.41, 5.74) is 3.99. The maximum Gasteiger partial charge on any atom is 0.208 e. The number of hydrazine groups is 1. The van der Waals surface area contributed by atoms with E-state index in [-0.39, 0.29) is 0 Å². The van der Waals surface area contributed by atoms with Gasteiger partial charge in [-0.05, 0) is 45.8 Å². The van der Waals surface area contributed by atoms with Crippen LogP contribution >= 0.6 is 27.3 Å². The Morgan fingerprint density at radius 2 is 2.33 bits per heavy atom. The van der Waals surface area contributed by atoms with E-state index in [0.717, 1.165) is 16.3 Å². The first kappa shape index (κ1) is 13.8. The molecule has 1 heterocycles. The Labute approximate surface area is 120 Å². The number of hydrogen-bond acceptors (Lipinski definition) is 3. The van der Waals surface area contributed by atoms with E-state index in [2.05, 4.69) is 37.7 Å². The number of thiophene rings is 1. The summed E-state index contributed by atoms with van der Waals surface area (Å²) in [7, 11) is 2.01.